The van der Waals surface area contributed by atoms with Crippen molar-refractivity contribution >= 4 is 11.8 Å². The molecule has 1 N–H and O–H groups in total. The van der Waals surface area contributed by atoms with Gasteiger partial charge in [0.1, 0.15) is 12.4 Å². The molecule has 1 aromatic heterocycles. The maximum atomic E-state index is 5.97. The Bertz CT molecular complexity index is 629. The summed E-state index contributed by atoms with van der Waals surface area (Å²) in [6.07, 6.45) is 1.81. The molecule has 106 valence electrons. The van der Waals surface area contributed by atoms with Gasteiger partial charge in [-0.05, 0) is 26.0 Å². The van der Waals surface area contributed by atoms with E-state index in [1.54, 1.807) is 0 Å². The third kappa shape index (κ3) is 2.54. The van der Waals surface area contributed by atoms with Crippen molar-refractivity contribution in [3.8, 4) is 5.75 Å². The summed E-state index contributed by atoms with van der Waals surface area (Å²) in [6.45, 7) is 8.43. The Morgan fingerprint density at radius 3 is 2.70 bits per heavy atom. The highest BCUT2D eigenvalue weighted by atomic mass is 16.5. The predicted octanol–water partition coefficient (Wildman–Crippen LogP) is 3.30. The Kier molecular flexibility index (Phi) is 4.13. The minimum absolute atomic E-state index is 0.513. The van der Waals surface area contributed by atoms with Gasteiger partial charge in [-0.15, -0.1) is 0 Å². The molecule has 4 nitrogen and oxygen atoms in total. The van der Waals surface area contributed by atoms with Gasteiger partial charge in [0.2, 0.25) is 0 Å². The third-order valence-corrected chi connectivity index (χ3v) is 3.57. The molecule has 0 spiro atoms. The number of aromatic nitrogens is 2. The van der Waals surface area contributed by atoms with Crippen LogP contribution in [0.4, 0.5) is 5.69 Å². The number of aryl methyl sites for hydroxylation is 2. The number of hydrogen-bond acceptors (Lipinski definition) is 3. The molecule has 0 aliphatic heterocycles. The van der Waals surface area contributed by atoms with Crippen molar-refractivity contribution in [1.82, 2.24) is 9.78 Å². The molecule has 0 aliphatic carbocycles. The van der Waals surface area contributed by atoms with Gasteiger partial charge in [0.25, 0.3) is 0 Å². The molecule has 4 heteroatoms. The van der Waals surface area contributed by atoms with Crippen molar-refractivity contribution in [2.75, 3.05) is 12.4 Å². The standard InChI is InChI=1S/C16H21N3O/c1-6-13-15(17-4)8-7-9-16(13)20-10-14-11(2)18-19(5)12(14)3/h6-9,17H,1,10H2,2-5H3. The van der Waals surface area contributed by atoms with Crippen LogP contribution in [0.1, 0.15) is 22.5 Å². The Labute approximate surface area is 120 Å². The van der Waals surface area contributed by atoms with Crippen molar-refractivity contribution in [3.05, 3.63) is 47.3 Å². The van der Waals surface area contributed by atoms with Gasteiger partial charge in [-0.1, -0.05) is 18.7 Å². The van der Waals surface area contributed by atoms with E-state index in [1.165, 1.54) is 0 Å². The molecule has 0 fully saturated rings. The zero-order chi connectivity index (χ0) is 14.7. The van der Waals surface area contributed by atoms with Crippen molar-refractivity contribution < 1.29 is 4.74 Å². The first-order valence-electron chi connectivity index (χ1n) is 6.63. The van der Waals surface area contributed by atoms with Crippen LogP contribution in [0.2, 0.25) is 0 Å². The lowest BCUT2D eigenvalue weighted by atomic mass is 10.1. The summed E-state index contributed by atoms with van der Waals surface area (Å²) in [5, 5.41) is 7.55. The smallest absolute Gasteiger partial charge is 0.129 e. The van der Waals surface area contributed by atoms with Crippen LogP contribution in [0, 0.1) is 13.8 Å². The first kappa shape index (κ1) is 14.2. The van der Waals surface area contributed by atoms with E-state index in [4.69, 9.17) is 4.74 Å². The second-order valence-electron chi connectivity index (χ2n) is 4.73. The molecule has 0 saturated heterocycles. The van der Waals surface area contributed by atoms with Gasteiger partial charge < -0.3 is 10.1 Å². The van der Waals surface area contributed by atoms with Crippen LogP contribution < -0.4 is 10.1 Å². The number of benzene rings is 1. The molecule has 1 aromatic carbocycles. The zero-order valence-electron chi connectivity index (χ0n) is 12.5. The molecule has 0 radical (unpaired) electrons. The largest absolute Gasteiger partial charge is 0.488 e. The highest BCUT2D eigenvalue weighted by molar-refractivity contribution is 5.71. The first-order chi connectivity index (χ1) is 9.58. The summed E-state index contributed by atoms with van der Waals surface area (Å²) in [5.41, 5.74) is 5.27. The fraction of sp³-hybridized carbons (Fsp3) is 0.312. The fourth-order valence-electron chi connectivity index (χ4n) is 2.27. The lowest BCUT2D eigenvalue weighted by Crippen LogP contribution is -2.02. The monoisotopic (exact) mass is 271 g/mol. The van der Waals surface area contributed by atoms with E-state index in [1.807, 2.05) is 50.0 Å². The summed E-state index contributed by atoms with van der Waals surface area (Å²) in [6, 6.07) is 5.93. The molecule has 1 heterocycles. The van der Waals surface area contributed by atoms with Crippen LogP contribution in [-0.4, -0.2) is 16.8 Å². The van der Waals surface area contributed by atoms with Crippen molar-refractivity contribution in [2.24, 2.45) is 7.05 Å². The maximum Gasteiger partial charge on any atom is 0.129 e. The van der Waals surface area contributed by atoms with Gasteiger partial charge in [-0.25, -0.2) is 0 Å². The van der Waals surface area contributed by atoms with E-state index in [2.05, 4.69) is 23.9 Å². The number of ether oxygens (including phenoxy) is 1. The predicted molar refractivity (Wildman–Crippen MR) is 83.1 cm³/mol. The lowest BCUT2D eigenvalue weighted by molar-refractivity contribution is 0.304. The average molecular weight is 271 g/mol. The molecule has 2 rings (SSSR count). The van der Waals surface area contributed by atoms with Gasteiger partial charge in [-0.2, -0.15) is 5.10 Å². The molecule has 2 aromatic rings. The van der Waals surface area contributed by atoms with Crippen LogP contribution in [0.15, 0.2) is 24.8 Å². The second-order valence-corrected chi connectivity index (χ2v) is 4.73. The molecule has 0 amide bonds. The van der Waals surface area contributed by atoms with Crippen molar-refractivity contribution in [3.63, 3.8) is 0 Å². The quantitative estimate of drug-likeness (QED) is 0.907. The summed E-state index contributed by atoms with van der Waals surface area (Å²) in [7, 11) is 3.84. The van der Waals surface area contributed by atoms with Crippen molar-refractivity contribution in [2.45, 2.75) is 20.5 Å². The Morgan fingerprint density at radius 1 is 1.40 bits per heavy atom. The van der Waals surface area contributed by atoms with E-state index in [0.717, 1.165) is 34.0 Å². The molecule has 0 unspecified atom stereocenters. The van der Waals surface area contributed by atoms with Crippen LogP contribution >= 0.6 is 0 Å². The minimum atomic E-state index is 0.513. The van der Waals surface area contributed by atoms with Crippen molar-refractivity contribution in [1.29, 1.82) is 0 Å². The number of nitrogens with zero attached hydrogens (tertiary/aromatic N) is 2. The van der Waals surface area contributed by atoms with Gasteiger partial charge in [0.05, 0.1) is 5.69 Å². The highest BCUT2D eigenvalue weighted by Crippen LogP contribution is 2.28. The van der Waals surface area contributed by atoms with Gasteiger partial charge in [0, 0.05) is 36.6 Å². The summed E-state index contributed by atoms with van der Waals surface area (Å²) in [4.78, 5) is 0. The number of hydrogen-bond donors (Lipinski definition) is 1. The van der Waals surface area contributed by atoms with Gasteiger partial charge >= 0.3 is 0 Å². The summed E-state index contributed by atoms with van der Waals surface area (Å²) in [5.74, 6) is 0.828. The van der Waals surface area contributed by atoms with Crippen LogP contribution in [0.5, 0.6) is 5.75 Å². The number of anilines is 1. The van der Waals surface area contributed by atoms with Gasteiger partial charge in [-0.3, -0.25) is 4.68 Å². The average Bonchev–Trinajstić information content (AvgIpc) is 2.69. The Hall–Kier alpha value is -2.23. The second kappa shape index (κ2) is 5.82. The third-order valence-electron chi connectivity index (χ3n) is 3.57. The van der Waals surface area contributed by atoms with E-state index in [-0.39, 0.29) is 0 Å². The number of rotatable bonds is 5. The minimum Gasteiger partial charge on any atom is -0.488 e. The molecular formula is C16H21N3O. The topological polar surface area (TPSA) is 39.1 Å². The lowest BCUT2D eigenvalue weighted by Gasteiger charge is -2.13. The van der Waals surface area contributed by atoms with Crippen LogP contribution in [-0.2, 0) is 13.7 Å². The maximum absolute atomic E-state index is 5.97. The number of nitrogens with one attached hydrogen (secondary N) is 1. The van der Waals surface area contributed by atoms with E-state index < -0.39 is 0 Å². The highest BCUT2D eigenvalue weighted by Gasteiger charge is 2.11. The van der Waals surface area contributed by atoms with Crippen LogP contribution in [0.3, 0.4) is 0 Å². The first-order valence-corrected chi connectivity index (χ1v) is 6.63. The van der Waals surface area contributed by atoms with E-state index in [0.29, 0.717) is 6.61 Å². The van der Waals surface area contributed by atoms with E-state index >= 15 is 0 Å². The molecule has 20 heavy (non-hydrogen) atoms. The zero-order valence-corrected chi connectivity index (χ0v) is 12.5. The molecular weight excluding hydrogens is 250 g/mol. The molecule has 0 saturated carbocycles. The Morgan fingerprint density at radius 2 is 2.15 bits per heavy atom. The Balaban J connectivity index is 2.25. The molecule has 0 aliphatic rings. The van der Waals surface area contributed by atoms with Gasteiger partial charge in [0.15, 0.2) is 0 Å². The molecule has 0 atom stereocenters. The normalized spacial score (nSPS) is 10.4. The summed E-state index contributed by atoms with van der Waals surface area (Å²) >= 11 is 0. The summed E-state index contributed by atoms with van der Waals surface area (Å²) < 4.78 is 7.85. The molecule has 0 bridgehead atoms. The van der Waals surface area contributed by atoms with Crippen LogP contribution in [0.25, 0.3) is 6.08 Å². The fourth-order valence-corrected chi connectivity index (χ4v) is 2.27. The van der Waals surface area contributed by atoms with E-state index in [9.17, 15) is 0 Å². The SMILES string of the molecule is C=Cc1c(NC)cccc1OCc1c(C)nn(C)c1C.